The highest BCUT2D eigenvalue weighted by atomic mass is 19.2. The second-order valence-electron chi connectivity index (χ2n) is 6.37. The van der Waals surface area contributed by atoms with Gasteiger partial charge in [-0.1, -0.05) is 12.5 Å². The molecule has 1 atom stereocenters. The molecule has 2 saturated heterocycles. The Bertz CT molecular complexity index is 535. The highest BCUT2D eigenvalue weighted by molar-refractivity contribution is 5.20. The van der Waals surface area contributed by atoms with Crippen LogP contribution < -0.4 is 0 Å². The van der Waals surface area contributed by atoms with Crippen molar-refractivity contribution in [2.75, 3.05) is 39.4 Å². The predicted molar refractivity (Wildman–Crippen MR) is 81.6 cm³/mol. The minimum absolute atomic E-state index is 0.234. The Kier molecular flexibility index (Phi) is 5.56. The summed E-state index contributed by atoms with van der Waals surface area (Å²) in [4.78, 5) is 4.57. The first-order chi connectivity index (χ1) is 11.1. The van der Waals surface area contributed by atoms with Gasteiger partial charge < -0.3 is 4.74 Å². The van der Waals surface area contributed by atoms with E-state index in [0.29, 0.717) is 12.6 Å². The molecule has 2 aliphatic heterocycles. The summed E-state index contributed by atoms with van der Waals surface area (Å²) in [5.74, 6) is -3.56. The molecular weight excluding hydrogens is 305 g/mol. The molecule has 0 N–H and O–H groups in total. The number of morpholine rings is 1. The number of rotatable bonds is 4. The number of halogens is 3. The van der Waals surface area contributed by atoms with Crippen molar-refractivity contribution < 1.29 is 17.9 Å². The van der Waals surface area contributed by atoms with Crippen molar-refractivity contribution in [3.05, 3.63) is 35.1 Å². The van der Waals surface area contributed by atoms with E-state index in [-0.39, 0.29) is 5.56 Å². The van der Waals surface area contributed by atoms with Crippen LogP contribution in [0.25, 0.3) is 0 Å². The largest absolute Gasteiger partial charge is 0.379 e. The van der Waals surface area contributed by atoms with Crippen LogP contribution in [0.2, 0.25) is 0 Å². The molecule has 0 unspecified atom stereocenters. The van der Waals surface area contributed by atoms with E-state index in [9.17, 15) is 13.2 Å². The molecule has 3 nitrogen and oxygen atoms in total. The van der Waals surface area contributed by atoms with Crippen LogP contribution in [0.5, 0.6) is 0 Å². The number of benzene rings is 1. The van der Waals surface area contributed by atoms with E-state index in [2.05, 4.69) is 9.80 Å². The lowest BCUT2D eigenvalue weighted by Gasteiger charge is -2.39. The molecule has 6 heteroatoms. The second kappa shape index (κ2) is 7.64. The van der Waals surface area contributed by atoms with E-state index in [1.807, 2.05) is 0 Å². The smallest absolute Gasteiger partial charge is 0.194 e. The number of hydrogen-bond donors (Lipinski definition) is 0. The number of nitrogens with zero attached hydrogens (tertiary/aromatic N) is 2. The summed E-state index contributed by atoms with van der Waals surface area (Å²) in [6, 6.07) is 2.69. The van der Waals surface area contributed by atoms with Gasteiger partial charge in [0, 0.05) is 37.8 Å². The third kappa shape index (κ3) is 4.05. The monoisotopic (exact) mass is 328 g/mol. The molecule has 1 aromatic carbocycles. The van der Waals surface area contributed by atoms with Crippen LogP contribution in [0, 0.1) is 17.5 Å². The van der Waals surface area contributed by atoms with Crippen molar-refractivity contribution in [2.45, 2.75) is 31.8 Å². The summed E-state index contributed by atoms with van der Waals surface area (Å²) < 4.78 is 45.8. The fourth-order valence-corrected chi connectivity index (χ4v) is 3.46. The van der Waals surface area contributed by atoms with E-state index >= 15 is 0 Å². The molecule has 0 aromatic heterocycles. The molecule has 0 bridgehead atoms. The van der Waals surface area contributed by atoms with Gasteiger partial charge in [-0.2, -0.15) is 0 Å². The zero-order valence-electron chi connectivity index (χ0n) is 13.2. The molecule has 0 aliphatic carbocycles. The van der Waals surface area contributed by atoms with Gasteiger partial charge in [-0.25, -0.2) is 13.2 Å². The van der Waals surface area contributed by atoms with E-state index in [4.69, 9.17) is 4.74 Å². The first kappa shape index (κ1) is 16.7. The average Bonchev–Trinajstić information content (AvgIpc) is 2.58. The standard InChI is InChI=1S/C17H23F3N2O/c18-15-5-4-13(16(19)17(15)20)11-22-6-2-1-3-14(22)12-21-7-9-23-10-8-21/h4-5,14H,1-3,6-12H2/t14-/m0/s1. The highest BCUT2D eigenvalue weighted by Gasteiger charge is 2.26. The first-order valence-electron chi connectivity index (χ1n) is 8.31. The Labute approximate surface area is 135 Å². The number of likely N-dealkylation sites (tertiary alicyclic amines) is 1. The molecule has 128 valence electrons. The summed E-state index contributed by atoms with van der Waals surface area (Å²) in [5.41, 5.74) is 0.234. The van der Waals surface area contributed by atoms with Crippen molar-refractivity contribution in [3.8, 4) is 0 Å². The summed E-state index contributed by atoms with van der Waals surface area (Å²) in [5, 5.41) is 0. The van der Waals surface area contributed by atoms with Crippen LogP contribution in [0.1, 0.15) is 24.8 Å². The van der Waals surface area contributed by atoms with Crippen molar-refractivity contribution in [1.29, 1.82) is 0 Å². The molecule has 0 amide bonds. The molecule has 2 fully saturated rings. The Morgan fingerprint density at radius 1 is 1.00 bits per heavy atom. The third-order valence-corrected chi connectivity index (χ3v) is 4.81. The van der Waals surface area contributed by atoms with Gasteiger partial charge in [-0.3, -0.25) is 9.80 Å². The van der Waals surface area contributed by atoms with Crippen molar-refractivity contribution in [2.24, 2.45) is 0 Å². The Hall–Kier alpha value is -1.11. The lowest BCUT2D eigenvalue weighted by Crippen LogP contribution is -2.49. The van der Waals surface area contributed by atoms with Gasteiger partial charge in [-0.05, 0) is 25.5 Å². The maximum atomic E-state index is 13.9. The van der Waals surface area contributed by atoms with Crippen LogP contribution in [-0.4, -0.2) is 55.2 Å². The summed E-state index contributed by atoms with van der Waals surface area (Å²) in [7, 11) is 0. The molecule has 23 heavy (non-hydrogen) atoms. The average molecular weight is 328 g/mol. The molecule has 0 saturated carbocycles. The molecule has 2 aliphatic rings. The molecular formula is C17H23F3N2O. The van der Waals surface area contributed by atoms with Gasteiger partial charge >= 0.3 is 0 Å². The van der Waals surface area contributed by atoms with Crippen molar-refractivity contribution >= 4 is 0 Å². The fourth-order valence-electron chi connectivity index (χ4n) is 3.46. The number of ether oxygens (including phenoxy) is 1. The topological polar surface area (TPSA) is 15.7 Å². The maximum absolute atomic E-state index is 13.9. The summed E-state index contributed by atoms with van der Waals surface area (Å²) in [6.07, 6.45) is 3.28. The highest BCUT2D eigenvalue weighted by Crippen LogP contribution is 2.23. The quantitative estimate of drug-likeness (QED) is 0.791. The molecule has 2 heterocycles. The van der Waals surface area contributed by atoms with E-state index in [1.54, 1.807) is 0 Å². The van der Waals surface area contributed by atoms with Crippen molar-refractivity contribution in [1.82, 2.24) is 9.80 Å². The normalized spacial score (nSPS) is 24.0. The van der Waals surface area contributed by atoms with Gasteiger partial charge in [0.05, 0.1) is 13.2 Å². The van der Waals surface area contributed by atoms with Crippen LogP contribution >= 0.6 is 0 Å². The first-order valence-corrected chi connectivity index (χ1v) is 8.31. The summed E-state index contributed by atoms with van der Waals surface area (Å²) in [6.45, 7) is 5.48. The maximum Gasteiger partial charge on any atom is 0.194 e. The lowest BCUT2D eigenvalue weighted by atomic mass is 10.00. The Morgan fingerprint density at radius 3 is 2.57 bits per heavy atom. The third-order valence-electron chi connectivity index (χ3n) is 4.81. The zero-order chi connectivity index (χ0) is 16.2. The second-order valence-corrected chi connectivity index (χ2v) is 6.37. The van der Waals surface area contributed by atoms with E-state index < -0.39 is 17.5 Å². The lowest BCUT2D eigenvalue weighted by molar-refractivity contribution is 0.0151. The van der Waals surface area contributed by atoms with Crippen molar-refractivity contribution in [3.63, 3.8) is 0 Å². The van der Waals surface area contributed by atoms with Gasteiger partial charge in [-0.15, -0.1) is 0 Å². The molecule has 0 spiro atoms. The van der Waals surface area contributed by atoms with Gasteiger partial charge in [0.25, 0.3) is 0 Å². The molecule has 0 radical (unpaired) electrons. The molecule has 1 aromatic rings. The summed E-state index contributed by atoms with van der Waals surface area (Å²) >= 11 is 0. The zero-order valence-corrected chi connectivity index (χ0v) is 13.2. The van der Waals surface area contributed by atoms with E-state index in [1.165, 1.54) is 6.07 Å². The van der Waals surface area contributed by atoms with Crippen LogP contribution in [0.3, 0.4) is 0 Å². The molecule has 3 rings (SSSR count). The number of hydrogen-bond acceptors (Lipinski definition) is 3. The minimum Gasteiger partial charge on any atom is -0.379 e. The fraction of sp³-hybridized carbons (Fsp3) is 0.647. The van der Waals surface area contributed by atoms with Crippen LogP contribution in [0.15, 0.2) is 12.1 Å². The minimum atomic E-state index is -1.37. The van der Waals surface area contributed by atoms with Gasteiger partial charge in [0.2, 0.25) is 0 Å². The SMILES string of the molecule is Fc1ccc(CN2CCCC[C@H]2CN2CCOCC2)c(F)c1F. The Morgan fingerprint density at radius 2 is 1.78 bits per heavy atom. The van der Waals surface area contributed by atoms with E-state index in [0.717, 1.165) is 64.7 Å². The van der Waals surface area contributed by atoms with Gasteiger partial charge in [0.1, 0.15) is 0 Å². The number of piperidine rings is 1. The van der Waals surface area contributed by atoms with Gasteiger partial charge in [0.15, 0.2) is 17.5 Å². The Balaban J connectivity index is 1.67. The van der Waals surface area contributed by atoms with Crippen LogP contribution in [0.4, 0.5) is 13.2 Å². The predicted octanol–water partition coefficient (Wildman–Crippen LogP) is 2.79. The van der Waals surface area contributed by atoms with Crippen LogP contribution in [-0.2, 0) is 11.3 Å².